The molecule has 0 aromatic rings. The fourth-order valence-corrected chi connectivity index (χ4v) is 3.16. The number of carbonyl (C=O) groups excluding carboxylic acids is 2. The van der Waals surface area contributed by atoms with E-state index < -0.39 is 0 Å². The maximum absolute atomic E-state index is 11.3. The Morgan fingerprint density at radius 2 is 2.07 bits per heavy atom. The molecule has 2 bridgehead atoms. The molecular formula is C12H19NO2. The molecule has 0 unspecified atom stereocenters. The van der Waals surface area contributed by atoms with E-state index >= 15 is 0 Å². The summed E-state index contributed by atoms with van der Waals surface area (Å²) >= 11 is 0. The van der Waals surface area contributed by atoms with Gasteiger partial charge in [-0.05, 0) is 43.9 Å². The molecule has 3 atom stereocenters. The fraction of sp³-hybridized carbons (Fsp3) is 0.833. The van der Waals surface area contributed by atoms with E-state index in [-0.39, 0.29) is 18.1 Å². The third-order valence-electron chi connectivity index (χ3n) is 3.86. The van der Waals surface area contributed by atoms with Crippen molar-refractivity contribution in [2.24, 2.45) is 17.8 Å². The molecule has 2 aliphatic carbocycles. The van der Waals surface area contributed by atoms with Gasteiger partial charge in [-0.15, -0.1) is 0 Å². The van der Waals surface area contributed by atoms with Crippen molar-refractivity contribution >= 4 is 11.7 Å². The number of rotatable bonds is 4. The molecule has 2 aliphatic rings. The predicted molar refractivity (Wildman–Crippen MR) is 57.2 cm³/mol. The van der Waals surface area contributed by atoms with Crippen molar-refractivity contribution < 1.29 is 9.59 Å². The van der Waals surface area contributed by atoms with E-state index in [1.807, 2.05) is 0 Å². The van der Waals surface area contributed by atoms with E-state index in [0.717, 1.165) is 18.4 Å². The largest absolute Gasteiger partial charge is 0.355 e. The molecule has 84 valence electrons. The minimum atomic E-state index is -0.106. The summed E-state index contributed by atoms with van der Waals surface area (Å²) in [5.74, 6) is 2.28. The lowest BCUT2D eigenvalue weighted by molar-refractivity contribution is -0.127. The summed E-state index contributed by atoms with van der Waals surface area (Å²) in [5, 5.41) is 2.88. The van der Waals surface area contributed by atoms with Crippen molar-refractivity contribution in [2.45, 2.75) is 39.0 Å². The van der Waals surface area contributed by atoms with E-state index in [0.29, 0.717) is 5.92 Å². The third-order valence-corrected chi connectivity index (χ3v) is 3.86. The van der Waals surface area contributed by atoms with Gasteiger partial charge in [-0.3, -0.25) is 9.59 Å². The first-order valence-electron chi connectivity index (χ1n) is 5.91. The number of nitrogens with one attached hydrogen (secondary N) is 1. The Bertz CT molecular complexity index is 275. The maximum atomic E-state index is 11.3. The van der Waals surface area contributed by atoms with Gasteiger partial charge in [0.25, 0.3) is 0 Å². The van der Waals surface area contributed by atoms with Gasteiger partial charge in [0.05, 0.1) is 6.42 Å². The highest BCUT2D eigenvalue weighted by Crippen LogP contribution is 2.47. The Morgan fingerprint density at radius 3 is 2.60 bits per heavy atom. The van der Waals surface area contributed by atoms with Crippen LogP contribution in [0, 0.1) is 17.8 Å². The fourth-order valence-electron chi connectivity index (χ4n) is 3.16. The van der Waals surface area contributed by atoms with E-state index in [9.17, 15) is 9.59 Å². The smallest absolute Gasteiger partial charge is 0.227 e. The van der Waals surface area contributed by atoms with Crippen LogP contribution in [0.4, 0.5) is 0 Å². The molecule has 1 amide bonds. The molecule has 0 saturated heterocycles. The number of amides is 1. The van der Waals surface area contributed by atoms with Gasteiger partial charge in [0, 0.05) is 6.54 Å². The van der Waals surface area contributed by atoms with Crippen LogP contribution in [0.1, 0.15) is 39.0 Å². The normalized spacial score (nSPS) is 33.0. The van der Waals surface area contributed by atoms with E-state index in [2.05, 4.69) is 5.32 Å². The topological polar surface area (TPSA) is 46.2 Å². The van der Waals surface area contributed by atoms with Gasteiger partial charge in [0.15, 0.2) is 0 Å². The Kier molecular flexibility index (Phi) is 3.08. The van der Waals surface area contributed by atoms with Crippen LogP contribution in [0.5, 0.6) is 0 Å². The van der Waals surface area contributed by atoms with Gasteiger partial charge in [0.2, 0.25) is 5.91 Å². The van der Waals surface area contributed by atoms with E-state index in [1.54, 1.807) is 0 Å². The van der Waals surface area contributed by atoms with Gasteiger partial charge in [-0.1, -0.05) is 6.42 Å². The quantitative estimate of drug-likeness (QED) is 0.713. The molecule has 15 heavy (non-hydrogen) atoms. The highest BCUT2D eigenvalue weighted by atomic mass is 16.2. The lowest BCUT2D eigenvalue weighted by atomic mass is 9.89. The summed E-state index contributed by atoms with van der Waals surface area (Å²) in [6.07, 6.45) is 5.43. The van der Waals surface area contributed by atoms with Gasteiger partial charge in [-0.25, -0.2) is 0 Å². The average Bonchev–Trinajstić information content (AvgIpc) is 2.74. The number of hydrogen-bond donors (Lipinski definition) is 1. The molecule has 2 fully saturated rings. The van der Waals surface area contributed by atoms with Gasteiger partial charge < -0.3 is 5.32 Å². The van der Waals surface area contributed by atoms with Crippen LogP contribution in [-0.2, 0) is 9.59 Å². The molecule has 0 aliphatic heterocycles. The summed E-state index contributed by atoms with van der Waals surface area (Å²) in [7, 11) is 0. The first-order chi connectivity index (χ1) is 7.15. The monoisotopic (exact) mass is 209 g/mol. The number of carbonyl (C=O) groups is 2. The van der Waals surface area contributed by atoms with Crippen molar-refractivity contribution in [3.05, 3.63) is 0 Å². The van der Waals surface area contributed by atoms with Gasteiger partial charge >= 0.3 is 0 Å². The Balaban J connectivity index is 1.70. The molecule has 2 saturated carbocycles. The maximum Gasteiger partial charge on any atom is 0.227 e. The molecule has 0 radical (unpaired) electrons. The lowest BCUT2D eigenvalue weighted by Gasteiger charge is -2.21. The van der Waals surface area contributed by atoms with Crippen LogP contribution >= 0.6 is 0 Å². The number of ketones is 1. The molecule has 3 heteroatoms. The molecule has 0 aromatic heterocycles. The minimum absolute atomic E-state index is 0.0425. The van der Waals surface area contributed by atoms with Crippen LogP contribution < -0.4 is 5.32 Å². The molecule has 3 nitrogen and oxygen atoms in total. The second-order valence-corrected chi connectivity index (χ2v) is 5.12. The first kappa shape index (κ1) is 10.7. The Labute approximate surface area is 90.6 Å². The molecule has 0 spiro atoms. The van der Waals surface area contributed by atoms with Crippen molar-refractivity contribution in [1.82, 2.24) is 5.32 Å². The van der Waals surface area contributed by atoms with Crippen molar-refractivity contribution in [1.29, 1.82) is 0 Å². The van der Waals surface area contributed by atoms with Crippen LogP contribution in [0.2, 0.25) is 0 Å². The summed E-state index contributed by atoms with van der Waals surface area (Å²) in [4.78, 5) is 22.0. The van der Waals surface area contributed by atoms with Crippen LogP contribution in [0.25, 0.3) is 0 Å². The summed E-state index contributed by atoms with van der Waals surface area (Å²) < 4.78 is 0. The first-order valence-corrected chi connectivity index (χ1v) is 5.91. The zero-order chi connectivity index (χ0) is 10.8. The second-order valence-electron chi connectivity index (χ2n) is 5.12. The standard InChI is InChI=1S/C12H19NO2/c1-8(14)4-12(15)13-7-11-6-9-2-3-10(11)5-9/h9-11H,2-7H2,1H3,(H,13,15)/t9-,10-,11-/m0/s1. The Hall–Kier alpha value is -0.860. The number of fused-ring (bicyclic) bond motifs is 2. The third kappa shape index (κ3) is 2.58. The summed E-state index contributed by atoms with van der Waals surface area (Å²) in [5.41, 5.74) is 0. The Morgan fingerprint density at radius 1 is 1.27 bits per heavy atom. The van der Waals surface area contributed by atoms with Crippen molar-refractivity contribution in [2.75, 3.05) is 6.54 Å². The van der Waals surface area contributed by atoms with Crippen LogP contribution in [-0.4, -0.2) is 18.2 Å². The zero-order valence-corrected chi connectivity index (χ0v) is 9.29. The highest BCUT2D eigenvalue weighted by Gasteiger charge is 2.39. The van der Waals surface area contributed by atoms with E-state index in [4.69, 9.17) is 0 Å². The summed E-state index contributed by atoms with van der Waals surface area (Å²) in [6.45, 7) is 2.24. The van der Waals surface area contributed by atoms with Crippen LogP contribution in [0.3, 0.4) is 0 Å². The molecule has 0 aromatic carbocycles. The lowest BCUT2D eigenvalue weighted by Crippen LogP contribution is -2.32. The predicted octanol–water partition coefficient (Wildman–Crippen LogP) is 1.52. The van der Waals surface area contributed by atoms with Crippen LogP contribution in [0.15, 0.2) is 0 Å². The number of Topliss-reactive ketones (excluding diaryl/α,β-unsaturated/α-hetero) is 1. The second kappa shape index (κ2) is 4.33. The summed E-state index contributed by atoms with van der Waals surface area (Å²) in [6, 6.07) is 0. The molecule has 1 N–H and O–H groups in total. The molecule has 0 heterocycles. The zero-order valence-electron chi connectivity index (χ0n) is 9.29. The SMILES string of the molecule is CC(=O)CC(=O)NC[C@@H]1C[C@H]2CC[C@H]1C2. The number of hydrogen-bond acceptors (Lipinski definition) is 2. The van der Waals surface area contributed by atoms with Crippen molar-refractivity contribution in [3.63, 3.8) is 0 Å². The van der Waals surface area contributed by atoms with Gasteiger partial charge in [0.1, 0.15) is 5.78 Å². The van der Waals surface area contributed by atoms with Crippen molar-refractivity contribution in [3.8, 4) is 0 Å². The molecule has 2 rings (SSSR count). The highest BCUT2D eigenvalue weighted by molar-refractivity contribution is 5.96. The van der Waals surface area contributed by atoms with E-state index in [1.165, 1.54) is 32.6 Å². The molecular weight excluding hydrogens is 190 g/mol. The van der Waals surface area contributed by atoms with Gasteiger partial charge in [-0.2, -0.15) is 0 Å². The average molecular weight is 209 g/mol. The minimum Gasteiger partial charge on any atom is -0.355 e.